The number of hydrogen-bond donors (Lipinski definition) is 3. The van der Waals surface area contributed by atoms with Gasteiger partial charge in [-0.3, -0.25) is 0 Å². The van der Waals surface area contributed by atoms with Crippen LogP contribution in [0.2, 0.25) is 0 Å². The minimum Gasteiger partial charge on any atom is -0.483 e. The molecule has 1 aromatic carbocycles. The average Bonchev–Trinajstić information content (AvgIpc) is 3.13. The fourth-order valence-electron chi connectivity index (χ4n) is 3.20. The topological polar surface area (TPSA) is 102 Å². The quantitative estimate of drug-likeness (QED) is 0.659. The van der Waals surface area contributed by atoms with E-state index in [1.54, 1.807) is 7.05 Å². The Morgan fingerprint density at radius 3 is 2.85 bits per heavy atom. The molecule has 11 heteroatoms. The first-order chi connectivity index (χ1) is 12.8. The predicted octanol–water partition coefficient (Wildman–Crippen LogP) is 0.844. The fraction of sp³-hybridized carbons (Fsp3) is 0.375. The Bertz CT molecular complexity index is 994. The monoisotopic (exact) mass is 401 g/mol. The molecule has 0 spiro atoms. The average molecular weight is 401 g/mol. The highest BCUT2D eigenvalue weighted by Crippen LogP contribution is 2.38. The number of benzene rings is 1. The van der Waals surface area contributed by atoms with Gasteiger partial charge in [0.1, 0.15) is 16.7 Å². The van der Waals surface area contributed by atoms with Gasteiger partial charge < -0.3 is 24.5 Å². The highest BCUT2D eigenvalue weighted by Gasteiger charge is 2.41. The van der Waals surface area contributed by atoms with Crippen molar-refractivity contribution in [2.75, 3.05) is 18.5 Å². The van der Waals surface area contributed by atoms with Gasteiger partial charge in [-0.15, -0.1) is 0 Å². The first kappa shape index (κ1) is 18.2. The van der Waals surface area contributed by atoms with Crippen LogP contribution in [0.25, 0.3) is 0 Å². The second-order valence-electron chi connectivity index (χ2n) is 6.42. The van der Waals surface area contributed by atoms with Crippen LogP contribution in [0.5, 0.6) is 5.75 Å². The third kappa shape index (κ3) is 3.16. The summed E-state index contributed by atoms with van der Waals surface area (Å²) < 4.78 is 66.7. The molecule has 4 rings (SSSR count). The number of nitrogens with zero attached hydrogens (tertiary/aromatic N) is 1. The van der Waals surface area contributed by atoms with Crippen molar-refractivity contribution in [3.8, 4) is 5.75 Å². The molecule has 0 bridgehead atoms. The number of anilines is 1. The van der Waals surface area contributed by atoms with Gasteiger partial charge in [0.25, 0.3) is 0 Å². The summed E-state index contributed by atoms with van der Waals surface area (Å²) in [6, 6.07) is 2.53. The number of nitrogens with one attached hydrogen (secondary N) is 2. The third-order valence-corrected chi connectivity index (χ3v) is 6.01. The van der Waals surface area contributed by atoms with Gasteiger partial charge in [-0.05, 0) is 12.1 Å². The van der Waals surface area contributed by atoms with Crippen molar-refractivity contribution in [2.24, 2.45) is 7.05 Å². The van der Waals surface area contributed by atoms with Crippen LogP contribution in [-0.4, -0.2) is 43.5 Å². The van der Waals surface area contributed by atoms with Crippen LogP contribution < -0.4 is 14.8 Å². The molecule has 3 unspecified atom stereocenters. The number of ether oxygens (including phenoxy) is 2. The molecule has 27 heavy (non-hydrogen) atoms. The first-order valence-electron chi connectivity index (χ1n) is 8.12. The van der Waals surface area contributed by atoms with Gasteiger partial charge in [0.05, 0.1) is 19.3 Å². The van der Waals surface area contributed by atoms with Crippen LogP contribution in [0.3, 0.4) is 0 Å². The summed E-state index contributed by atoms with van der Waals surface area (Å²) in [6.45, 7) is 0.388. The van der Waals surface area contributed by atoms with Crippen LogP contribution >= 0.6 is 0 Å². The third-order valence-electron chi connectivity index (χ3n) is 4.52. The van der Waals surface area contributed by atoms with Gasteiger partial charge in [0.15, 0.2) is 23.6 Å². The van der Waals surface area contributed by atoms with E-state index in [-0.39, 0.29) is 35.2 Å². The molecule has 0 radical (unpaired) electrons. The van der Waals surface area contributed by atoms with E-state index in [1.807, 2.05) is 0 Å². The van der Waals surface area contributed by atoms with Gasteiger partial charge in [-0.1, -0.05) is 0 Å². The number of aryl methyl sites for hydroxylation is 1. The molecule has 0 saturated carbocycles. The fourth-order valence-corrected chi connectivity index (χ4v) is 4.64. The van der Waals surface area contributed by atoms with E-state index in [0.717, 1.165) is 12.1 Å². The number of sulfonamides is 1. The molecule has 1 aromatic heterocycles. The summed E-state index contributed by atoms with van der Waals surface area (Å²) in [6.07, 6.45) is -0.652. The van der Waals surface area contributed by atoms with Crippen LogP contribution in [0, 0.1) is 11.6 Å². The lowest BCUT2D eigenvalue weighted by Gasteiger charge is -2.20. The van der Waals surface area contributed by atoms with Crippen molar-refractivity contribution in [3.05, 3.63) is 41.7 Å². The highest BCUT2D eigenvalue weighted by atomic mass is 32.2. The summed E-state index contributed by atoms with van der Waals surface area (Å²) in [5.74, 6) is -2.10. The molecule has 3 atom stereocenters. The summed E-state index contributed by atoms with van der Waals surface area (Å²) in [4.78, 5) is -0.111. The molecule has 146 valence electrons. The maximum atomic E-state index is 13.4. The Labute approximate surface area is 153 Å². The second-order valence-corrected chi connectivity index (χ2v) is 8.10. The lowest BCUT2D eigenvalue weighted by molar-refractivity contribution is 0.131. The van der Waals surface area contributed by atoms with Crippen LogP contribution in [0.1, 0.15) is 11.9 Å². The second kappa shape index (κ2) is 6.44. The number of aromatic nitrogens is 1. The Hall–Kier alpha value is -2.21. The van der Waals surface area contributed by atoms with E-state index >= 15 is 0 Å². The molecule has 3 N–H and O–H groups in total. The molecule has 0 aliphatic carbocycles. The van der Waals surface area contributed by atoms with E-state index < -0.39 is 40.0 Å². The van der Waals surface area contributed by atoms with Crippen molar-refractivity contribution in [1.82, 2.24) is 9.29 Å². The first-order valence-corrected chi connectivity index (χ1v) is 9.60. The summed E-state index contributed by atoms with van der Waals surface area (Å²) in [5.41, 5.74) is 0.251. The zero-order chi connectivity index (χ0) is 19.3. The minimum absolute atomic E-state index is 0.00872. The van der Waals surface area contributed by atoms with Crippen molar-refractivity contribution < 1.29 is 31.8 Å². The normalized spacial score (nSPS) is 24.4. The predicted molar refractivity (Wildman–Crippen MR) is 89.7 cm³/mol. The molecule has 2 aromatic rings. The molecule has 8 nitrogen and oxygen atoms in total. The van der Waals surface area contributed by atoms with Gasteiger partial charge in [-0.25, -0.2) is 21.9 Å². The van der Waals surface area contributed by atoms with E-state index in [4.69, 9.17) is 9.47 Å². The van der Waals surface area contributed by atoms with E-state index in [2.05, 4.69) is 10.0 Å². The van der Waals surface area contributed by atoms with Crippen LogP contribution in [-0.2, 0) is 21.8 Å². The van der Waals surface area contributed by atoms with Gasteiger partial charge in [0, 0.05) is 25.0 Å². The minimum atomic E-state index is -3.88. The number of aliphatic hydroxyl groups excluding tert-OH is 1. The zero-order valence-corrected chi connectivity index (χ0v) is 15.0. The molecular formula is C16H17F2N3O5S. The molecule has 2 aliphatic heterocycles. The van der Waals surface area contributed by atoms with Crippen molar-refractivity contribution in [3.63, 3.8) is 0 Å². The summed E-state index contributed by atoms with van der Waals surface area (Å²) >= 11 is 0. The molecule has 0 amide bonds. The van der Waals surface area contributed by atoms with Gasteiger partial charge in [-0.2, -0.15) is 0 Å². The molecule has 3 heterocycles. The van der Waals surface area contributed by atoms with Crippen LogP contribution in [0.4, 0.5) is 14.5 Å². The lowest BCUT2D eigenvalue weighted by Crippen LogP contribution is -2.42. The number of hydrogen-bond acceptors (Lipinski definition) is 6. The Kier molecular flexibility index (Phi) is 4.34. The standard InChI is InChI=1S/C16H17F2N3O5S/c1-21-5-13-15(26-12-7-25-6-11(12)20-27(13,23)24)14(21)16(22)19-8-2-3-9(17)10(18)4-8/h2-5,11-12,16,19-20,22H,6-7H2,1H3. The SMILES string of the molecule is Cn1cc2c(c1C(O)Nc1ccc(F)c(F)c1)OC1COCC1NS2(=O)=O. The molecule has 1 fully saturated rings. The van der Waals surface area contributed by atoms with E-state index in [0.29, 0.717) is 0 Å². The Balaban J connectivity index is 1.71. The van der Waals surface area contributed by atoms with Gasteiger partial charge in [0.2, 0.25) is 10.0 Å². The van der Waals surface area contributed by atoms with E-state index in [1.165, 1.54) is 16.8 Å². The number of aliphatic hydroxyl groups is 1. The number of fused-ring (bicyclic) bond motifs is 2. The van der Waals surface area contributed by atoms with E-state index in [9.17, 15) is 22.3 Å². The number of rotatable bonds is 3. The highest BCUT2D eigenvalue weighted by molar-refractivity contribution is 7.89. The van der Waals surface area contributed by atoms with Crippen molar-refractivity contribution >= 4 is 15.7 Å². The Morgan fingerprint density at radius 2 is 2.11 bits per heavy atom. The molecule has 2 aliphatic rings. The van der Waals surface area contributed by atoms with Crippen molar-refractivity contribution in [1.29, 1.82) is 0 Å². The van der Waals surface area contributed by atoms with Crippen molar-refractivity contribution in [2.45, 2.75) is 23.3 Å². The summed E-state index contributed by atoms with van der Waals surface area (Å²) in [7, 11) is -2.33. The molecule has 1 saturated heterocycles. The maximum absolute atomic E-state index is 13.4. The zero-order valence-electron chi connectivity index (χ0n) is 14.1. The Morgan fingerprint density at radius 1 is 1.33 bits per heavy atom. The van der Waals surface area contributed by atoms with Crippen LogP contribution in [0.15, 0.2) is 29.3 Å². The molecular weight excluding hydrogens is 384 g/mol. The maximum Gasteiger partial charge on any atom is 0.246 e. The summed E-state index contributed by atoms with van der Waals surface area (Å²) in [5, 5.41) is 13.2. The van der Waals surface area contributed by atoms with Gasteiger partial charge >= 0.3 is 0 Å². The largest absolute Gasteiger partial charge is 0.483 e. The number of halogens is 2. The smallest absolute Gasteiger partial charge is 0.246 e. The lowest BCUT2D eigenvalue weighted by atomic mass is 10.2.